The van der Waals surface area contributed by atoms with E-state index < -0.39 is 6.04 Å². The SMILES string of the molecule is CCCCNC(=O)[C@@H](CC)N(Cc1ccc(C)cc1)C(=O)CCCOc1ccc(C)cc1. The number of carbonyl (C=O) groups is 2. The lowest BCUT2D eigenvalue weighted by Gasteiger charge is -2.31. The van der Waals surface area contributed by atoms with Crippen LogP contribution < -0.4 is 10.1 Å². The van der Waals surface area contributed by atoms with E-state index in [1.54, 1.807) is 4.90 Å². The largest absolute Gasteiger partial charge is 0.494 e. The van der Waals surface area contributed by atoms with Gasteiger partial charge in [0.2, 0.25) is 11.8 Å². The molecular weight excluding hydrogens is 400 g/mol. The van der Waals surface area contributed by atoms with Crippen molar-refractivity contribution in [3.63, 3.8) is 0 Å². The van der Waals surface area contributed by atoms with Crippen molar-refractivity contribution < 1.29 is 14.3 Å². The second-order valence-electron chi connectivity index (χ2n) is 8.34. The lowest BCUT2D eigenvalue weighted by molar-refractivity contribution is -0.141. The van der Waals surface area contributed by atoms with Crippen LogP contribution in [0.2, 0.25) is 0 Å². The standard InChI is InChI=1S/C27H38N2O3/c1-5-7-18-28-27(31)25(6-2)29(20-23-14-10-21(3)11-15-23)26(30)9-8-19-32-24-16-12-22(4)13-17-24/h10-17,25H,5-9,18-20H2,1-4H3,(H,28,31)/t25-/m1/s1. The van der Waals surface area contributed by atoms with E-state index in [0.717, 1.165) is 24.2 Å². The number of ether oxygens (including phenoxy) is 1. The molecule has 2 rings (SSSR count). The first-order valence-corrected chi connectivity index (χ1v) is 11.8. The molecule has 0 aliphatic rings. The normalized spacial score (nSPS) is 11.6. The third-order valence-corrected chi connectivity index (χ3v) is 5.51. The lowest BCUT2D eigenvalue weighted by Crippen LogP contribution is -2.49. The zero-order chi connectivity index (χ0) is 23.3. The van der Waals surface area contributed by atoms with Crippen molar-refractivity contribution in [1.29, 1.82) is 0 Å². The lowest BCUT2D eigenvalue weighted by atomic mass is 10.1. The first kappa shape index (κ1) is 25.4. The van der Waals surface area contributed by atoms with E-state index in [0.29, 0.717) is 39.0 Å². The van der Waals surface area contributed by atoms with E-state index in [-0.39, 0.29) is 11.8 Å². The molecule has 2 aromatic carbocycles. The first-order chi connectivity index (χ1) is 15.4. The maximum atomic E-state index is 13.2. The van der Waals surface area contributed by atoms with Crippen molar-refractivity contribution in [1.82, 2.24) is 10.2 Å². The number of nitrogens with one attached hydrogen (secondary N) is 1. The number of nitrogens with zero attached hydrogens (tertiary/aromatic N) is 1. The number of carbonyl (C=O) groups excluding carboxylic acids is 2. The Kier molecular flexibility index (Phi) is 10.8. The van der Waals surface area contributed by atoms with Gasteiger partial charge in [-0.2, -0.15) is 0 Å². The highest BCUT2D eigenvalue weighted by molar-refractivity contribution is 5.87. The number of aryl methyl sites for hydroxylation is 2. The third-order valence-electron chi connectivity index (χ3n) is 5.51. The summed E-state index contributed by atoms with van der Waals surface area (Å²) in [6.07, 6.45) is 3.48. The van der Waals surface area contributed by atoms with Gasteiger partial charge >= 0.3 is 0 Å². The Balaban J connectivity index is 2.02. The van der Waals surface area contributed by atoms with E-state index in [4.69, 9.17) is 4.74 Å². The molecule has 5 heteroatoms. The molecule has 1 atom stereocenters. The molecule has 0 saturated heterocycles. The van der Waals surface area contributed by atoms with Crippen LogP contribution in [0.3, 0.4) is 0 Å². The van der Waals surface area contributed by atoms with Crippen LogP contribution in [-0.4, -0.2) is 35.9 Å². The molecule has 5 nitrogen and oxygen atoms in total. The number of hydrogen-bond donors (Lipinski definition) is 1. The fourth-order valence-electron chi connectivity index (χ4n) is 3.51. The molecule has 1 N–H and O–H groups in total. The zero-order valence-corrected chi connectivity index (χ0v) is 20.0. The predicted octanol–water partition coefficient (Wildman–Crippen LogP) is 5.19. The third kappa shape index (κ3) is 8.37. The van der Waals surface area contributed by atoms with Crippen LogP contribution in [0.25, 0.3) is 0 Å². The highest BCUT2D eigenvalue weighted by atomic mass is 16.5. The van der Waals surface area contributed by atoms with Gasteiger partial charge in [0.25, 0.3) is 0 Å². The number of unbranched alkanes of at least 4 members (excludes halogenated alkanes) is 1. The van der Waals surface area contributed by atoms with Crippen molar-refractivity contribution >= 4 is 11.8 Å². The summed E-state index contributed by atoms with van der Waals surface area (Å²) in [5.74, 6) is 0.717. The van der Waals surface area contributed by atoms with Gasteiger partial charge in [0, 0.05) is 19.5 Å². The highest BCUT2D eigenvalue weighted by Crippen LogP contribution is 2.16. The number of hydrogen-bond acceptors (Lipinski definition) is 3. The van der Waals surface area contributed by atoms with Crippen LogP contribution in [0.15, 0.2) is 48.5 Å². The van der Waals surface area contributed by atoms with Gasteiger partial charge in [0.1, 0.15) is 11.8 Å². The molecule has 0 saturated carbocycles. The summed E-state index contributed by atoms with van der Waals surface area (Å²) < 4.78 is 5.77. The van der Waals surface area contributed by atoms with Crippen molar-refractivity contribution in [2.75, 3.05) is 13.2 Å². The predicted molar refractivity (Wildman–Crippen MR) is 130 cm³/mol. The molecule has 0 aliphatic carbocycles. The average Bonchev–Trinajstić information content (AvgIpc) is 2.79. The highest BCUT2D eigenvalue weighted by Gasteiger charge is 2.28. The van der Waals surface area contributed by atoms with E-state index in [1.807, 2.05) is 69.3 Å². The summed E-state index contributed by atoms with van der Waals surface area (Å²) in [6, 6.07) is 15.5. The zero-order valence-electron chi connectivity index (χ0n) is 20.0. The molecule has 0 unspecified atom stereocenters. The van der Waals surface area contributed by atoms with Crippen LogP contribution in [0.4, 0.5) is 0 Å². The summed E-state index contributed by atoms with van der Waals surface area (Å²) in [5, 5.41) is 3.00. The molecular formula is C27H38N2O3. The molecule has 0 bridgehead atoms. The summed E-state index contributed by atoms with van der Waals surface area (Å²) in [7, 11) is 0. The van der Waals surface area contributed by atoms with Crippen LogP contribution in [0.1, 0.15) is 62.6 Å². The van der Waals surface area contributed by atoms with Crippen molar-refractivity contribution in [3.05, 3.63) is 65.2 Å². The number of rotatable bonds is 13. The Morgan fingerprint density at radius 3 is 2.16 bits per heavy atom. The van der Waals surface area contributed by atoms with Gasteiger partial charge in [0.05, 0.1) is 6.61 Å². The van der Waals surface area contributed by atoms with Gasteiger partial charge in [-0.1, -0.05) is 67.8 Å². The van der Waals surface area contributed by atoms with Crippen LogP contribution in [0, 0.1) is 13.8 Å². The second kappa shape index (κ2) is 13.6. The topological polar surface area (TPSA) is 58.6 Å². The minimum absolute atomic E-state index is 0.0180. The van der Waals surface area contributed by atoms with Crippen molar-refractivity contribution in [2.24, 2.45) is 0 Å². The molecule has 0 spiro atoms. The maximum absolute atomic E-state index is 13.2. The van der Waals surface area contributed by atoms with Gasteiger partial charge in [-0.25, -0.2) is 0 Å². The fourth-order valence-corrected chi connectivity index (χ4v) is 3.51. The molecule has 0 aliphatic heterocycles. The Labute approximate surface area is 193 Å². The summed E-state index contributed by atoms with van der Waals surface area (Å²) in [6.45, 7) is 9.66. The number of benzene rings is 2. The van der Waals surface area contributed by atoms with E-state index in [2.05, 4.69) is 12.2 Å². The molecule has 0 heterocycles. The Hall–Kier alpha value is -2.82. The van der Waals surface area contributed by atoms with Gasteiger partial charge in [-0.3, -0.25) is 9.59 Å². The van der Waals surface area contributed by atoms with Crippen molar-refractivity contribution in [2.45, 2.75) is 72.4 Å². The number of amides is 2. The van der Waals surface area contributed by atoms with Gasteiger partial charge in [-0.15, -0.1) is 0 Å². The van der Waals surface area contributed by atoms with Gasteiger partial charge < -0.3 is 15.0 Å². The summed E-state index contributed by atoms with van der Waals surface area (Å²) in [5.41, 5.74) is 3.38. The molecule has 0 radical (unpaired) electrons. The molecule has 174 valence electrons. The van der Waals surface area contributed by atoms with Crippen LogP contribution in [0.5, 0.6) is 5.75 Å². The van der Waals surface area contributed by atoms with Crippen LogP contribution in [-0.2, 0) is 16.1 Å². The minimum Gasteiger partial charge on any atom is -0.494 e. The monoisotopic (exact) mass is 438 g/mol. The molecule has 32 heavy (non-hydrogen) atoms. The van der Waals surface area contributed by atoms with Gasteiger partial charge in [0.15, 0.2) is 0 Å². The average molecular weight is 439 g/mol. The Bertz CT molecular complexity index is 831. The maximum Gasteiger partial charge on any atom is 0.242 e. The van der Waals surface area contributed by atoms with Gasteiger partial charge in [-0.05, 0) is 50.8 Å². The molecule has 2 amide bonds. The fraction of sp³-hybridized carbons (Fsp3) is 0.481. The Morgan fingerprint density at radius 2 is 1.56 bits per heavy atom. The van der Waals surface area contributed by atoms with Crippen LogP contribution >= 0.6 is 0 Å². The molecule has 0 aromatic heterocycles. The Morgan fingerprint density at radius 1 is 0.938 bits per heavy atom. The van der Waals surface area contributed by atoms with E-state index in [1.165, 1.54) is 11.1 Å². The summed E-state index contributed by atoms with van der Waals surface area (Å²) in [4.78, 5) is 27.8. The quantitative estimate of drug-likeness (QED) is 0.438. The molecule has 0 fully saturated rings. The van der Waals surface area contributed by atoms with E-state index in [9.17, 15) is 9.59 Å². The minimum atomic E-state index is -0.473. The summed E-state index contributed by atoms with van der Waals surface area (Å²) >= 11 is 0. The van der Waals surface area contributed by atoms with E-state index >= 15 is 0 Å². The molecule has 2 aromatic rings. The first-order valence-electron chi connectivity index (χ1n) is 11.8. The second-order valence-corrected chi connectivity index (χ2v) is 8.34. The van der Waals surface area contributed by atoms with Crippen molar-refractivity contribution in [3.8, 4) is 5.75 Å². The smallest absolute Gasteiger partial charge is 0.242 e.